The van der Waals surface area contributed by atoms with Crippen molar-refractivity contribution in [2.45, 2.75) is 33.1 Å². The first-order valence-corrected chi connectivity index (χ1v) is 8.82. The van der Waals surface area contributed by atoms with Gasteiger partial charge in [0.2, 0.25) is 0 Å². The molecule has 6 nitrogen and oxygen atoms in total. The third-order valence-electron chi connectivity index (χ3n) is 4.89. The Hall–Kier alpha value is -3.20. The Labute approximate surface area is 158 Å². The van der Waals surface area contributed by atoms with Crippen molar-refractivity contribution in [3.05, 3.63) is 69.1 Å². The van der Waals surface area contributed by atoms with Gasteiger partial charge in [0.25, 0.3) is 11.5 Å². The highest BCUT2D eigenvalue weighted by Crippen LogP contribution is 2.31. The largest absolute Gasteiger partial charge is 0.501 e. The van der Waals surface area contributed by atoms with Crippen molar-refractivity contribution in [1.82, 2.24) is 19.7 Å². The van der Waals surface area contributed by atoms with Gasteiger partial charge in [-0.3, -0.25) is 4.79 Å². The fraction of sp³-hybridized carbons (Fsp3) is 0.333. The number of hydrogen-bond acceptors (Lipinski definition) is 5. The summed E-state index contributed by atoms with van der Waals surface area (Å²) in [5.74, 6) is 4.06. The van der Waals surface area contributed by atoms with Crippen molar-refractivity contribution >= 4 is 0 Å². The first-order chi connectivity index (χ1) is 13.0. The van der Waals surface area contributed by atoms with Gasteiger partial charge in [-0.05, 0) is 62.3 Å². The van der Waals surface area contributed by atoms with Crippen molar-refractivity contribution in [3.63, 3.8) is 0 Å². The second kappa shape index (κ2) is 8.00. The molecule has 1 aliphatic rings. The lowest BCUT2D eigenvalue weighted by molar-refractivity contribution is 0.292. The number of allylic oxidation sites excluding steroid dienone is 4. The molecule has 1 atom stereocenters. The van der Waals surface area contributed by atoms with E-state index in [9.17, 15) is 4.79 Å². The van der Waals surface area contributed by atoms with E-state index in [1.165, 1.54) is 4.68 Å². The van der Waals surface area contributed by atoms with Gasteiger partial charge in [-0.15, -0.1) is 6.42 Å². The smallest absolute Gasteiger partial charge is 0.277 e. The van der Waals surface area contributed by atoms with Crippen LogP contribution in [0.4, 0.5) is 0 Å². The molecule has 0 amide bonds. The van der Waals surface area contributed by atoms with Crippen LogP contribution in [-0.2, 0) is 17.6 Å². The molecule has 2 aromatic rings. The standard InChI is InChI=1S/C21H22N4O2/c1-5-14(2)19(11-15(3)27-4)16-7-8-18-17(12-16)13-24-25(20(18)26)21-22-9-6-10-23-21/h1,6,9-11,13,16H,7-8,12H2,2-4H3/b15-11+,19-14+. The van der Waals surface area contributed by atoms with Crippen molar-refractivity contribution in [1.29, 1.82) is 0 Å². The van der Waals surface area contributed by atoms with E-state index in [4.69, 9.17) is 11.2 Å². The van der Waals surface area contributed by atoms with Gasteiger partial charge < -0.3 is 4.74 Å². The SMILES string of the molecule is C#C/C(C)=C(\C=C(/C)OC)C1CCc2c(cnn(-c3ncccn3)c2=O)C1. The predicted octanol–water partition coefficient (Wildman–Crippen LogP) is 2.63. The van der Waals surface area contributed by atoms with Crippen molar-refractivity contribution in [3.8, 4) is 18.3 Å². The fourth-order valence-corrected chi connectivity index (χ4v) is 3.35. The summed E-state index contributed by atoms with van der Waals surface area (Å²) in [6.07, 6.45) is 14.8. The number of fused-ring (bicyclic) bond motifs is 1. The zero-order valence-corrected chi connectivity index (χ0v) is 15.8. The lowest BCUT2D eigenvalue weighted by Crippen LogP contribution is -2.31. The lowest BCUT2D eigenvalue weighted by atomic mass is 9.79. The summed E-state index contributed by atoms with van der Waals surface area (Å²) in [5.41, 5.74) is 3.55. The summed E-state index contributed by atoms with van der Waals surface area (Å²) in [5, 5.41) is 4.28. The average molecular weight is 362 g/mol. The zero-order chi connectivity index (χ0) is 19.4. The maximum Gasteiger partial charge on any atom is 0.277 e. The summed E-state index contributed by atoms with van der Waals surface area (Å²) < 4.78 is 6.56. The number of nitrogens with zero attached hydrogens (tertiary/aromatic N) is 4. The minimum absolute atomic E-state index is 0.153. The van der Waals surface area contributed by atoms with E-state index in [1.807, 2.05) is 19.9 Å². The van der Waals surface area contributed by atoms with Crippen molar-refractivity contribution < 1.29 is 4.74 Å². The summed E-state index contributed by atoms with van der Waals surface area (Å²) in [6.45, 7) is 3.84. The van der Waals surface area contributed by atoms with Crippen LogP contribution in [-0.4, -0.2) is 26.9 Å². The third-order valence-corrected chi connectivity index (χ3v) is 4.89. The van der Waals surface area contributed by atoms with Gasteiger partial charge in [0, 0.05) is 23.5 Å². The normalized spacial score (nSPS) is 17.6. The highest BCUT2D eigenvalue weighted by Gasteiger charge is 2.25. The van der Waals surface area contributed by atoms with Gasteiger partial charge in [-0.1, -0.05) is 5.92 Å². The molecule has 0 spiro atoms. The molecular formula is C21H22N4O2. The predicted molar refractivity (Wildman–Crippen MR) is 103 cm³/mol. The second-order valence-corrected chi connectivity index (χ2v) is 6.54. The zero-order valence-electron chi connectivity index (χ0n) is 15.8. The molecule has 138 valence electrons. The molecule has 0 bridgehead atoms. The van der Waals surface area contributed by atoms with Crippen LogP contribution >= 0.6 is 0 Å². The van der Waals surface area contributed by atoms with E-state index in [2.05, 4.69) is 21.0 Å². The van der Waals surface area contributed by atoms with Crippen LogP contribution in [0, 0.1) is 18.3 Å². The number of ether oxygens (including phenoxy) is 1. The van der Waals surface area contributed by atoms with Crippen LogP contribution in [0.2, 0.25) is 0 Å². The first kappa shape index (κ1) is 18.6. The number of aromatic nitrogens is 4. The first-order valence-electron chi connectivity index (χ1n) is 8.82. The van der Waals surface area contributed by atoms with Crippen LogP contribution in [0.5, 0.6) is 0 Å². The summed E-state index contributed by atoms with van der Waals surface area (Å²) in [6, 6.07) is 1.70. The van der Waals surface area contributed by atoms with E-state index in [1.54, 1.807) is 31.8 Å². The fourth-order valence-electron chi connectivity index (χ4n) is 3.35. The number of methoxy groups -OCH3 is 1. The topological polar surface area (TPSA) is 69.9 Å². The molecule has 0 radical (unpaired) electrons. The molecule has 0 N–H and O–H groups in total. The average Bonchev–Trinajstić information content (AvgIpc) is 2.71. The van der Waals surface area contributed by atoms with Gasteiger partial charge in [0.15, 0.2) is 0 Å². The van der Waals surface area contributed by atoms with Crippen LogP contribution in [0.25, 0.3) is 5.95 Å². The Balaban J connectivity index is 1.97. The molecule has 3 rings (SSSR count). The maximum absolute atomic E-state index is 12.8. The molecule has 1 aliphatic carbocycles. The van der Waals surface area contributed by atoms with Crippen LogP contribution in [0.3, 0.4) is 0 Å². The summed E-state index contributed by atoms with van der Waals surface area (Å²) in [7, 11) is 1.64. The minimum Gasteiger partial charge on any atom is -0.501 e. The molecular weight excluding hydrogens is 340 g/mol. The van der Waals surface area contributed by atoms with Crippen LogP contribution in [0.1, 0.15) is 31.4 Å². The van der Waals surface area contributed by atoms with E-state index in [-0.39, 0.29) is 17.4 Å². The molecule has 27 heavy (non-hydrogen) atoms. The molecule has 2 heterocycles. The van der Waals surface area contributed by atoms with E-state index in [0.29, 0.717) is 6.42 Å². The van der Waals surface area contributed by atoms with Crippen LogP contribution in [0.15, 0.2) is 52.4 Å². The van der Waals surface area contributed by atoms with Gasteiger partial charge in [0.1, 0.15) is 0 Å². The molecule has 0 fully saturated rings. The Morgan fingerprint density at radius 1 is 1.37 bits per heavy atom. The maximum atomic E-state index is 12.8. The molecule has 0 aliphatic heterocycles. The van der Waals surface area contributed by atoms with E-state index < -0.39 is 0 Å². The molecule has 0 saturated heterocycles. The molecule has 1 unspecified atom stereocenters. The molecule has 0 aromatic carbocycles. The number of terminal acetylenes is 1. The molecule has 6 heteroatoms. The van der Waals surface area contributed by atoms with Gasteiger partial charge in [-0.2, -0.15) is 9.78 Å². The summed E-state index contributed by atoms with van der Waals surface area (Å²) >= 11 is 0. The molecule has 2 aromatic heterocycles. The highest BCUT2D eigenvalue weighted by atomic mass is 16.5. The van der Waals surface area contributed by atoms with Crippen LogP contribution < -0.4 is 5.56 Å². The van der Waals surface area contributed by atoms with Crippen molar-refractivity contribution in [2.24, 2.45) is 5.92 Å². The Morgan fingerprint density at radius 3 is 2.78 bits per heavy atom. The van der Waals surface area contributed by atoms with Gasteiger partial charge in [-0.25, -0.2) is 9.97 Å². The second-order valence-electron chi connectivity index (χ2n) is 6.54. The highest BCUT2D eigenvalue weighted by molar-refractivity contribution is 5.40. The van der Waals surface area contributed by atoms with Gasteiger partial charge in [0.05, 0.1) is 19.1 Å². The minimum atomic E-state index is -0.153. The van der Waals surface area contributed by atoms with E-state index in [0.717, 1.165) is 40.9 Å². The molecule has 0 saturated carbocycles. The quantitative estimate of drug-likeness (QED) is 0.475. The Kier molecular flexibility index (Phi) is 5.51. The number of rotatable bonds is 4. The Morgan fingerprint density at radius 2 is 2.11 bits per heavy atom. The summed E-state index contributed by atoms with van der Waals surface area (Å²) in [4.78, 5) is 21.1. The third kappa shape index (κ3) is 3.82. The number of hydrogen-bond donors (Lipinski definition) is 0. The lowest BCUT2D eigenvalue weighted by Gasteiger charge is -2.26. The van der Waals surface area contributed by atoms with Crippen molar-refractivity contribution in [2.75, 3.05) is 7.11 Å². The monoisotopic (exact) mass is 362 g/mol. The Bertz CT molecular complexity index is 997. The van der Waals surface area contributed by atoms with E-state index >= 15 is 0 Å². The van der Waals surface area contributed by atoms with Gasteiger partial charge >= 0.3 is 0 Å².